The van der Waals surface area contributed by atoms with Crippen molar-refractivity contribution in [2.75, 3.05) is 12.4 Å². The van der Waals surface area contributed by atoms with Gasteiger partial charge in [-0.05, 0) is 30.4 Å². The Morgan fingerprint density at radius 2 is 2.27 bits per heavy atom. The van der Waals surface area contributed by atoms with E-state index in [0.717, 1.165) is 35.3 Å². The lowest BCUT2D eigenvalue weighted by atomic mass is 10.3. The van der Waals surface area contributed by atoms with Crippen molar-refractivity contribution in [1.29, 1.82) is 0 Å². The van der Waals surface area contributed by atoms with Crippen molar-refractivity contribution < 1.29 is 4.74 Å². The van der Waals surface area contributed by atoms with Crippen LogP contribution in [0.2, 0.25) is 5.28 Å². The van der Waals surface area contributed by atoms with Gasteiger partial charge in [-0.3, -0.25) is 0 Å². The van der Waals surface area contributed by atoms with E-state index in [0.29, 0.717) is 11.2 Å². The van der Waals surface area contributed by atoms with Crippen LogP contribution in [0.1, 0.15) is 18.5 Å². The first-order chi connectivity index (χ1) is 7.33. The van der Waals surface area contributed by atoms with Gasteiger partial charge < -0.3 is 4.74 Å². The molecule has 0 radical (unpaired) electrons. The Morgan fingerprint density at radius 1 is 1.40 bits per heavy atom. The first kappa shape index (κ1) is 9.73. The fraction of sp³-hybridized carbons (Fsp3) is 0.600. The van der Waals surface area contributed by atoms with E-state index in [1.54, 1.807) is 11.8 Å². The fourth-order valence-electron chi connectivity index (χ4n) is 1.59. The Bertz CT molecular complexity index is 395. The second-order valence-corrected chi connectivity index (χ2v) is 5.37. The highest BCUT2D eigenvalue weighted by molar-refractivity contribution is 7.99. The van der Waals surface area contributed by atoms with Crippen molar-refractivity contribution in [3.05, 3.63) is 11.0 Å². The van der Waals surface area contributed by atoms with Crippen LogP contribution in [0.15, 0.2) is 4.90 Å². The number of hydrogen-bond acceptors (Lipinski definition) is 4. The number of nitrogens with zero attached hydrogens (tertiary/aromatic N) is 2. The van der Waals surface area contributed by atoms with Gasteiger partial charge in [-0.1, -0.05) is 0 Å². The van der Waals surface area contributed by atoms with Crippen molar-refractivity contribution >= 4 is 23.4 Å². The van der Waals surface area contributed by atoms with Crippen LogP contribution >= 0.6 is 23.4 Å². The lowest BCUT2D eigenvalue weighted by Gasteiger charge is -2.08. The zero-order valence-electron chi connectivity index (χ0n) is 8.20. The average molecular weight is 243 g/mol. The smallest absolute Gasteiger partial charge is 0.232 e. The molecule has 0 saturated heterocycles. The summed E-state index contributed by atoms with van der Waals surface area (Å²) in [5.41, 5.74) is 1.05. The summed E-state index contributed by atoms with van der Waals surface area (Å²) in [7, 11) is 0. The van der Waals surface area contributed by atoms with Crippen molar-refractivity contribution in [3.63, 3.8) is 0 Å². The number of thioether (sulfide) groups is 1. The molecule has 0 aromatic carbocycles. The van der Waals surface area contributed by atoms with Crippen LogP contribution < -0.4 is 4.74 Å². The first-order valence-corrected chi connectivity index (χ1v) is 6.51. The van der Waals surface area contributed by atoms with Crippen LogP contribution in [0.4, 0.5) is 0 Å². The molecule has 2 aliphatic rings. The van der Waals surface area contributed by atoms with Gasteiger partial charge in [0.15, 0.2) is 0 Å². The highest BCUT2D eigenvalue weighted by Crippen LogP contribution is 2.38. The maximum absolute atomic E-state index is 5.85. The van der Waals surface area contributed by atoms with Crippen LogP contribution in [-0.2, 0) is 6.42 Å². The molecule has 0 bridgehead atoms. The van der Waals surface area contributed by atoms with Crippen LogP contribution in [-0.4, -0.2) is 22.3 Å². The molecule has 1 aromatic heterocycles. The highest BCUT2D eigenvalue weighted by atomic mass is 35.5. The minimum atomic E-state index is 0.307. The monoisotopic (exact) mass is 242 g/mol. The summed E-state index contributed by atoms with van der Waals surface area (Å²) in [5, 5.41) is 0.307. The number of halogens is 1. The van der Waals surface area contributed by atoms with Crippen molar-refractivity contribution in [1.82, 2.24) is 9.97 Å². The van der Waals surface area contributed by atoms with Gasteiger partial charge in [0.25, 0.3) is 0 Å². The van der Waals surface area contributed by atoms with Gasteiger partial charge >= 0.3 is 0 Å². The largest absolute Gasteiger partial charge is 0.476 e. The number of aryl methyl sites for hydroxylation is 1. The SMILES string of the molecule is Clc1nc2c(c(OCC3CC3)n1)SCC2. The standard InChI is InChI=1S/C10H11ClN2OS/c11-10-12-7-3-4-15-8(7)9(13-10)14-5-6-1-2-6/h6H,1-5H2. The quantitative estimate of drug-likeness (QED) is 0.764. The predicted molar refractivity (Wildman–Crippen MR) is 59.7 cm³/mol. The zero-order valence-corrected chi connectivity index (χ0v) is 9.77. The van der Waals surface area contributed by atoms with Gasteiger partial charge in [0, 0.05) is 12.2 Å². The van der Waals surface area contributed by atoms with Crippen molar-refractivity contribution in [3.8, 4) is 5.88 Å². The van der Waals surface area contributed by atoms with E-state index in [-0.39, 0.29) is 0 Å². The molecule has 0 unspecified atom stereocenters. The third-order valence-electron chi connectivity index (χ3n) is 2.62. The molecule has 1 fully saturated rings. The maximum Gasteiger partial charge on any atom is 0.232 e. The summed E-state index contributed by atoms with van der Waals surface area (Å²) < 4.78 is 5.70. The van der Waals surface area contributed by atoms with Gasteiger partial charge in [0.2, 0.25) is 11.2 Å². The van der Waals surface area contributed by atoms with E-state index in [1.807, 2.05) is 0 Å². The van der Waals surface area contributed by atoms with E-state index in [2.05, 4.69) is 9.97 Å². The molecule has 1 saturated carbocycles. The second kappa shape index (κ2) is 3.83. The lowest BCUT2D eigenvalue weighted by Crippen LogP contribution is -2.03. The van der Waals surface area contributed by atoms with Crippen LogP contribution in [0, 0.1) is 5.92 Å². The van der Waals surface area contributed by atoms with Crippen LogP contribution in [0.25, 0.3) is 0 Å². The van der Waals surface area contributed by atoms with Crippen LogP contribution in [0.3, 0.4) is 0 Å². The van der Waals surface area contributed by atoms with Crippen molar-refractivity contribution in [2.24, 2.45) is 5.92 Å². The summed E-state index contributed by atoms with van der Waals surface area (Å²) in [6.45, 7) is 0.778. The summed E-state index contributed by atoms with van der Waals surface area (Å²) in [4.78, 5) is 9.46. The van der Waals surface area contributed by atoms with Gasteiger partial charge in [-0.2, -0.15) is 4.98 Å². The number of rotatable bonds is 3. The molecular formula is C10H11ClN2OS. The Kier molecular flexibility index (Phi) is 2.48. The molecule has 0 amide bonds. The second-order valence-electron chi connectivity index (χ2n) is 3.93. The van der Waals surface area contributed by atoms with Crippen molar-refractivity contribution in [2.45, 2.75) is 24.2 Å². The third kappa shape index (κ3) is 2.06. The van der Waals surface area contributed by atoms with Gasteiger partial charge in [-0.25, -0.2) is 4.98 Å². The Morgan fingerprint density at radius 3 is 3.07 bits per heavy atom. The molecule has 5 heteroatoms. The molecule has 80 valence electrons. The Balaban J connectivity index is 1.84. The van der Waals surface area contributed by atoms with Gasteiger partial charge in [-0.15, -0.1) is 11.8 Å². The van der Waals surface area contributed by atoms with E-state index < -0.39 is 0 Å². The van der Waals surface area contributed by atoms with E-state index in [4.69, 9.17) is 16.3 Å². The minimum Gasteiger partial charge on any atom is -0.476 e. The molecule has 3 nitrogen and oxygen atoms in total. The summed E-state index contributed by atoms with van der Waals surface area (Å²) in [5.74, 6) is 2.49. The molecule has 1 aliphatic heterocycles. The number of ether oxygens (including phenoxy) is 1. The molecular weight excluding hydrogens is 232 g/mol. The summed E-state index contributed by atoms with van der Waals surface area (Å²) in [6.07, 6.45) is 3.55. The summed E-state index contributed by atoms with van der Waals surface area (Å²) in [6, 6.07) is 0. The van der Waals surface area contributed by atoms with Gasteiger partial charge in [0.05, 0.1) is 17.2 Å². The van der Waals surface area contributed by atoms with E-state index in [9.17, 15) is 0 Å². The van der Waals surface area contributed by atoms with Gasteiger partial charge in [0.1, 0.15) is 0 Å². The Labute approximate surface area is 97.6 Å². The normalized spacial score (nSPS) is 19.0. The predicted octanol–water partition coefficient (Wildman–Crippen LogP) is 2.57. The topological polar surface area (TPSA) is 35.0 Å². The van der Waals surface area contributed by atoms with E-state index in [1.165, 1.54) is 12.8 Å². The molecule has 0 atom stereocenters. The molecule has 3 rings (SSSR count). The number of hydrogen-bond donors (Lipinski definition) is 0. The Hall–Kier alpha value is -0.480. The zero-order chi connectivity index (χ0) is 10.3. The number of aromatic nitrogens is 2. The molecule has 0 spiro atoms. The fourth-order valence-corrected chi connectivity index (χ4v) is 2.81. The molecule has 15 heavy (non-hydrogen) atoms. The molecule has 1 aromatic rings. The molecule has 0 N–H and O–H groups in total. The summed E-state index contributed by atoms with van der Waals surface area (Å²) >= 11 is 7.61. The average Bonchev–Trinajstić information content (AvgIpc) is 2.92. The number of fused-ring (bicyclic) bond motifs is 1. The molecule has 2 heterocycles. The third-order valence-corrected chi connectivity index (χ3v) is 3.89. The maximum atomic E-state index is 5.85. The molecule has 1 aliphatic carbocycles. The first-order valence-electron chi connectivity index (χ1n) is 5.15. The highest BCUT2D eigenvalue weighted by Gasteiger charge is 2.25. The van der Waals surface area contributed by atoms with Crippen LogP contribution in [0.5, 0.6) is 5.88 Å². The van der Waals surface area contributed by atoms with E-state index >= 15 is 0 Å². The lowest BCUT2D eigenvalue weighted by molar-refractivity contribution is 0.280. The minimum absolute atomic E-state index is 0.307.